The van der Waals surface area contributed by atoms with Gasteiger partial charge in [-0.15, -0.1) is 0 Å². The SMILES string of the molecule is Cc1ccccc1-c1cc2c(c(OC[C@H]3CCOC3)c1)OCCN(C(=O)c1ccc(C(F)(F)F)cc1)C2. The molecule has 2 heterocycles. The normalized spacial score (nSPS) is 17.6. The van der Waals surface area contributed by atoms with Crippen molar-refractivity contribution in [3.8, 4) is 22.6 Å². The van der Waals surface area contributed by atoms with Gasteiger partial charge in [-0.2, -0.15) is 13.2 Å². The number of alkyl halides is 3. The Labute approximate surface area is 213 Å². The van der Waals surface area contributed by atoms with Crippen LogP contribution in [-0.2, 0) is 17.5 Å². The van der Waals surface area contributed by atoms with Gasteiger partial charge in [0.2, 0.25) is 0 Å². The number of nitrogens with zero attached hydrogens (tertiary/aromatic N) is 1. The van der Waals surface area contributed by atoms with Crippen molar-refractivity contribution in [3.05, 3.63) is 82.9 Å². The second-order valence-electron chi connectivity index (χ2n) is 9.47. The fourth-order valence-electron chi connectivity index (χ4n) is 4.72. The van der Waals surface area contributed by atoms with Crippen LogP contribution < -0.4 is 9.47 Å². The van der Waals surface area contributed by atoms with Crippen LogP contribution in [0.3, 0.4) is 0 Å². The molecular formula is C29H28F3NO4. The van der Waals surface area contributed by atoms with E-state index in [1.807, 2.05) is 43.3 Å². The highest BCUT2D eigenvalue weighted by Crippen LogP contribution is 2.40. The van der Waals surface area contributed by atoms with Crippen LogP contribution >= 0.6 is 0 Å². The van der Waals surface area contributed by atoms with Crippen molar-refractivity contribution in [1.29, 1.82) is 0 Å². The second-order valence-corrected chi connectivity index (χ2v) is 9.47. The molecule has 3 aromatic carbocycles. The molecule has 0 spiro atoms. The molecule has 194 valence electrons. The zero-order valence-corrected chi connectivity index (χ0v) is 20.5. The minimum absolute atomic E-state index is 0.198. The van der Waals surface area contributed by atoms with Gasteiger partial charge in [-0.3, -0.25) is 4.79 Å². The summed E-state index contributed by atoms with van der Waals surface area (Å²) in [4.78, 5) is 14.9. The molecule has 0 aliphatic carbocycles. The number of aryl methyl sites for hydroxylation is 1. The smallest absolute Gasteiger partial charge is 0.416 e. The Morgan fingerprint density at radius 1 is 1.08 bits per heavy atom. The minimum Gasteiger partial charge on any atom is -0.489 e. The molecule has 0 unspecified atom stereocenters. The van der Waals surface area contributed by atoms with E-state index in [1.54, 1.807) is 4.90 Å². The molecule has 0 N–H and O–H groups in total. The number of fused-ring (bicyclic) bond motifs is 1. The maximum absolute atomic E-state index is 13.3. The lowest BCUT2D eigenvalue weighted by molar-refractivity contribution is -0.137. The number of benzene rings is 3. The predicted octanol–water partition coefficient (Wildman–Crippen LogP) is 6.13. The van der Waals surface area contributed by atoms with E-state index in [1.165, 1.54) is 12.1 Å². The van der Waals surface area contributed by atoms with Gasteiger partial charge in [-0.25, -0.2) is 0 Å². The van der Waals surface area contributed by atoms with E-state index in [0.717, 1.165) is 47.4 Å². The van der Waals surface area contributed by atoms with Crippen molar-refractivity contribution in [2.24, 2.45) is 5.92 Å². The Hall–Kier alpha value is -3.52. The Balaban J connectivity index is 1.46. The number of carbonyl (C=O) groups is 1. The Kier molecular flexibility index (Phi) is 7.11. The number of hydrogen-bond acceptors (Lipinski definition) is 4. The summed E-state index contributed by atoms with van der Waals surface area (Å²) in [5.74, 6) is 1.17. The number of amides is 1. The molecule has 1 atom stereocenters. The van der Waals surface area contributed by atoms with E-state index in [4.69, 9.17) is 14.2 Å². The second kappa shape index (κ2) is 10.5. The molecule has 1 saturated heterocycles. The molecule has 1 amide bonds. The summed E-state index contributed by atoms with van der Waals surface area (Å²) in [5, 5.41) is 0. The molecule has 0 saturated carbocycles. The summed E-state index contributed by atoms with van der Waals surface area (Å²) >= 11 is 0. The standard InChI is InChI=1S/C29H28F3NO4/c1-19-4-2-3-5-25(19)22-14-23-16-33(28(34)21-6-8-24(9-7-21)29(30,31)32)11-13-36-27(23)26(15-22)37-18-20-10-12-35-17-20/h2-9,14-15,20H,10-13,16-18H2,1H3/t20-/m0/s1. The topological polar surface area (TPSA) is 48.0 Å². The number of halogens is 3. The first-order chi connectivity index (χ1) is 17.8. The zero-order chi connectivity index (χ0) is 26.0. The maximum Gasteiger partial charge on any atom is 0.416 e. The summed E-state index contributed by atoms with van der Waals surface area (Å²) in [6, 6.07) is 16.3. The van der Waals surface area contributed by atoms with Crippen LogP contribution in [0.25, 0.3) is 11.1 Å². The first-order valence-electron chi connectivity index (χ1n) is 12.3. The molecule has 0 bridgehead atoms. The minimum atomic E-state index is -4.45. The van der Waals surface area contributed by atoms with Gasteiger partial charge < -0.3 is 19.1 Å². The molecule has 0 radical (unpaired) electrons. The van der Waals surface area contributed by atoms with Gasteiger partial charge in [-0.05, 0) is 66.4 Å². The number of ether oxygens (including phenoxy) is 3. The first kappa shape index (κ1) is 25.1. The van der Waals surface area contributed by atoms with E-state index >= 15 is 0 Å². The van der Waals surface area contributed by atoms with Crippen molar-refractivity contribution in [2.75, 3.05) is 33.0 Å². The molecule has 5 rings (SSSR count). The van der Waals surface area contributed by atoms with Gasteiger partial charge in [0.15, 0.2) is 11.5 Å². The molecule has 8 heteroatoms. The zero-order valence-electron chi connectivity index (χ0n) is 20.5. The molecule has 3 aromatic rings. The molecule has 37 heavy (non-hydrogen) atoms. The Morgan fingerprint density at radius 2 is 1.86 bits per heavy atom. The predicted molar refractivity (Wildman–Crippen MR) is 133 cm³/mol. The van der Waals surface area contributed by atoms with Crippen LogP contribution in [0.1, 0.15) is 33.5 Å². The van der Waals surface area contributed by atoms with Crippen molar-refractivity contribution < 1.29 is 32.2 Å². The number of rotatable bonds is 5. The lowest BCUT2D eigenvalue weighted by Gasteiger charge is -2.21. The van der Waals surface area contributed by atoms with Gasteiger partial charge in [0.1, 0.15) is 6.61 Å². The third-order valence-corrected chi connectivity index (χ3v) is 6.80. The number of carbonyl (C=O) groups excluding carboxylic acids is 1. The van der Waals surface area contributed by atoms with Crippen molar-refractivity contribution in [1.82, 2.24) is 4.90 Å². The number of hydrogen-bond donors (Lipinski definition) is 0. The van der Waals surface area contributed by atoms with E-state index in [9.17, 15) is 18.0 Å². The average molecular weight is 512 g/mol. The van der Waals surface area contributed by atoms with E-state index in [0.29, 0.717) is 37.2 Å². The van der Waals surface area contributed by atoms with Gasteiger partial charge in [0.05, 0.1) is 25.3 Å². The highest BCUT2D eigenvalue weighted by molar-refractivity contribution is 5.94. The fraction of sp³-hybridized carbons (Fsp3) is 0.345. The van der Waals surface area contributed by atoms with Gasteiger partial charge in [-0.1, -0.05) is 24.3 Å². The summed E-state index contributed by atoms with van der Waals surface area (Å²) in [7, 11) is 0. The van der Waals surface area contributed by atoms with Gasteiger partial charge in [0, 0.05) is 30.2 Å². The van der Waals surface area contributed by atoms with Crippen LogP contribution in [-0.4, -0.2) is 43.8 Å². The van der Waals surface area contributed by atoms with Crippen LogP contribution in [0, 0.1) is 12.8 Å². The lowest BCUT2D eigenvalue weighted by Crippen LogP contribution is -2.32. The summed E-state index contributed by atoms with van der Waals surface area (Å²) in [5.41, 5.74) is 3.29. The van der Waals surface area contributed by atoms with Crippen molar-refractivity contribution in [3.63, 3.8) is 0 Å². The van der Waals surface area contributed by atoms with Crippen molar-refractivity contribution >= 4 is 5.91 Å². The maximum atomic E-state index is 13.3. The van der Waals surface area contributed by atoms with E-state index in [2.05, 4.69) is 0 Å². The van der Waals surface area contributed by atoms with Crippen LogP contribution in [0.2, 0.25) is 0 Å². The van der Waals surface area contributed by atoms with Crippen LogP contribution in [0.5, 0.6) is 11.5 Å². The quantitative estimate of drug-likeness (QED) is 0.414. The fourth-order valence-corrected chi connectivity index (χ4v) is 4.72. The molecule has 5 nitrogen and oxygen atoms in total. The first-order valence-corrected chi connectivity index (χ1v) is 12.3. The summed E-state index contributed by atoms with van der Waals surface area (Å²) in [6.07, 6.45) is -3.51. The third-order valence-electron chi connectivity index (χ3n) is 6.80. The van der Waals surface area contributed by atoms with Crippen molar-refractivity contribution in [2.45, 2.75) is 26.1 Å². The van der Waals surface area contributed by atoms with E-state index < -0.39 is 11.7 Å². The monoisotopic (exact) mass is 511 g/mol. The summed E-state index contributed by atoms with van der Waals surface area (Å²) < 4.78 is 56.7. The molecular weight excluding hydrogens is 483 g/mol. The van der Waals surface area contributed by atoms with Crippen LogP contribution in [0.15, 0.2) is 60.7 Å². The Morgan fingerprint density at radius 3 is 2.57 bits per heavy atom. The largest absolute Gasteiger partial charge is 0.489 e. The van der Waals surface area contributed by atoms with E-state index in [-0.39, 0.29) is 24.6 Å². The lowest BCUT2D eigenvalue weighted by atomic mass is 9.97. The van der Waals surface area contributed by atoms with Gasteiger partial charge >= 0.3 is 6.18 Å². The molecule has 1 fully saturated rings. The highest BCUT2D eigenvalue weighted by Gasteiger charge is 2.31. The Bertz CT molecular complexity index is 1270. The summed E-state index contributed by atoms with van der Waals surface area (Å²) in [6.45, 7) is 4.71. The highest BCUT2D eigenvalue weighted by atomic mass is 19.4. The molecule has 0 aromatic heterocycles. The molecule has 2 aliphatic heterocycles. The average Bonchev–Trinajstić information content (AvgIpc) is 3.31. The molecule has 2 aliphatic rings. The van der Waals surface area contributed by atoms with Gasteiger partial charge in [0.25, 0.3) is 5.91 Å². The van der Waals surface area contributed by atoms with Crippen LogP contribution in [0.4, 0.5) is 13.2 Å². The third kappa shape index (κ3) is 5.59.